The van der Waals surface area contributed by atoms with Gasteiger partial charge in [0.2, 0.25) is 5.96 Å². The summed E-state index contributed by atoms with van der Waals surface area (Å²) in [5.41, 5.74) is 10.6. The van der Waals surface area contributed by atoms with Crippen molar-refractivity contribution in [2.24, 2.45) is 16.6 Å². The van der Waals surface area contributed by atoms with Crippen LogP contribution in [0.2, 0.25) is 0 Å². The number of alkyl carbamates (subject to hydrolysis) is 1. The lowest BCUT2D eigenvalue weighted by molar-refractivity contribution is -0.139. The van der Waals surface area contributed by atoms with Gasteiger partial charge in [-0.15, -0.1) is 0 Å². The average molecular weight is 661 g/mol. The summed E-state index contributed by atoms with van der Waals surface area (Å²) in [6.45, 7) is 9.41. The van der Waals surface area contributed by atoms with E-state index in [9.17, 15) is 23.1 Å². The summed E-state index contributed by atoms with van der Waals surface area (Å²) in [6.07, 6.45) is 8.30. The van der Waals surface area contributed by atoms with Crippen molar-refractivity contribution in [2.45, 2.75) is 82.3 Å². The smallest absolute Gasteiger partial charge is 0.407 e. The zero-order valence-electron chi connectivity index (χ0n) is 26.8. The van der Waals surface area contributed by atoms with Gasteiger partial charge in [-0.1, -0.05) is 48.6 Å². The van der Waals surface area contributed by atoms with Gasteiger partial charge in [-0.3, -0.25) is 4.99 Å². The Morgan fingerprint density at radius 1 is 1.11 bits per heavy atom. The van der Waals surface area contributed by atoms with Crippen molar-refractivity contribution >= 4 is 28.0 Å². The highest BCUT2D eigenvalue weighted by Crippen LogP contribution is 2.49. The van der Waals surface area contributed by atoms with Gasteiger partial charge in [0.1, 0.15) is 24.0 Å². The molecule has 4 atom stereocenters. The summed E-state index contributed by atoms with van der Waals surface area (Å²) in [5.74, 6) is -0.462. The standard InChI is InChI=1S/C34H42N4O7S/c1-19-20(2)30(21(3)26-17-34(4,5)45-29(19)26)46(42,43)38-32(35)36-16-10-15-28(31(39)40)37-33(41)44-18-27-24-13-8-6-11-22(24)23-12-7-9-14-25(23)27/h6-9,11-14,22,24,27-28H,10,15-18H2,1-5H3,(H,37,41)(H,39,40)(H3,35,36,38)/t22?,24?,27?,28-/m0/s1/i10+1,15+1,16+1,28+1,31+1,32+1,35+1,36+1,37+1,38+1. The summed E-state index contributed by atoms with van der Waals surface area (Å²) < 4.78 is 40.7. The highest BCUT2D eigenvalue weighted by molar-refractivity contribution is 7.90. The van der Waals surface area contributed by atoms with Gasteiger partial charge in [0, 0.05) is 30.4 Å². The van der Waals surface area contributed by atoms with Gasteiger partial charge in [-0.25, -0.2) is 22.7 Å². The number of nitrogens with one attached hydrogen (secondary N) is 2. The van der Waals surface area contributed by atoms with Crippen LogP contribution in [0, 0.1) is 26.7 Å². The molecule has 11 nitrogen and oxygen atoms in total. The van der Waals surface area contributed by atoms with Crippen molar-refractivity contribution in [1.29, 1.82) is 0 Å². The Balaban J connectivity index is 1.15. The Morgan fingerprint density at radius 2 is 1.80 bits per heavy atom. The molecule has 0 aromatic heterocycles. The fourth-order valence-electron chi connectivity index (χ4n) is 6.85. The molecule has 46 heavy (non-hydrogen) atoms. The van der Waals surface area contributed by atoms with Crippen molar-refractivity contribution < 1.29 is 32.6 Å². The van der Waals surface area contributed by atoms with Gasteiger partial charge >= 0.3 is 12.1 Å². The number of carbonyl (C=O) groups is 2. The number of ether oxygens (including phenoxy) is 2. The molecule has 5 rings (SSSR count). The normalized spacial score (nSPS) is 21.5. The van der Waals surface area contributed by atoms with Crippen LogP contribution >= 0.6 is 0 Å². The maximum absolute atomic E-state index is 13.4. The summed E-state index contributed by atoms with van der Waals surface area (Å²) in [4.78, 5) is 28.8. The van der Waals surface area contributed by atoms with E-state index < -0.39 is 33.7 Å². The fraction of sp³-hybridized carbons (Fsp3) is 0.441. The van der Waals surface area contributed by atoms with Gasteiger partial charge in [-0.2, -0.15) is 0 Å². The number of carboxylic acid groups (broad SMARTS) is 1. The first-order valence-electron chi connectivity index (χ1n) is 15.4. The minimum absolute atomic E-state index is 0.0361. The molecule has 1 heterocycles. The SMILES string of the molecule is Cc1c(C)c(S(=O)(=O)[15NH][13C]([15NH2])=[15N][13CH2][13CH2][13CH2][13C@H]([15NH]C(=O)OCC2c3ccccc3C3C=CC=CC32)[13C](=O)O)c(C)c2c1OC(C)(C)C2. The molecule has 1 aliphatic heterocycles. The number of nitrogens with two attached hydrogens (primary N) is 1. The number of nitrogens with zero attached hydrogens (tertiary/aromatic N) is 1. The first-order valence-corrected chi connectivity index (χ1v) is 16.9. The maximum Gasteiger partial charge on any atom is 0.407 e. The van der Waals surface area contributed by atoms with E-state index in [0.717, 1.165) is 22.4 Å². The number of carbonyl (C=O) groups excluding carboxylic acids is 1. The summed E-state index contributed by atoms with van der Waals surface area (Å²) >= 11 is 0. The lowest BCUT2D eigenvalue weighted by Gasteiger charge is -2.23. The highest BCUT2D eigenvalue weighted by atomic mass is 32.2. The predicted molar refractivity (Wildman–Crippen MR) is 175 cm³/mol. The van der Waals surface area contributed by atoms with Gasteiger partial charge < -0.3 is 25.6 Å². The number of rotatable bonds is 10. The summed E-state index contributed by atoms with van der Waals surface area (Å²) in [7, 11) is -4.06. The Kier molecular flexibility index (Phi) is 9.21. The number of benzene rings is 2. The third kappa shape index (κ3) is 6.62. The molecule has 246 valence electrons. The molecular weight excluding hydrogens is 618 g/mol. The molecule has 3 unspecified atom stereocenters. The van der Waals surface area contributed by atoms with Gasteiger partial charge in [-0.05, 0) is 81.2 Å². The molecule has 0 saturated carbocycles. The molecule has 0 radical (unpaired) electrons. The fourth-order valence-corrected chi connectivity index (χ4v) is 8.37. The molecule has 3 aliphatic rings. The zero-order chi connectivity index (χ0) is 33.4. The third-order valence-electron chi connectivity index (χ3n) is 9.11. The lowest BCUT2D eigenvalue weighted by Crippen LogP contribution is -2.41. The number of sulfonamides is 1. The molecular formula is C34H42N4O7S. The summed E-state index contributed by atoms with van der Waals surface area (Å²) in [5, 5.41) is 12.1. The number of fused-ring (bicyclic) bond motifs is 4. The number of aliphatic imine (C=N–C) groups is 1. The molecule has 0 spiro atoms. The largest absolute Gasteiger partial charge is 0.487 e. The van der Waals surface area contributed by atoms with E-state index in [1.165, 1.54) is 5.56 Å². The maximum atomic E-state index is 13.4. The Labute approximate surface area is 270 Å². The van der Waals surface area contributed by atoms with Crippen LogP contribution in [-0.2, 0) is 26.0 Å². The molecule has 12 heteroatoms. The number of amides is 1. The first-order chi connectivity index (χ1) is 21.7. The van der Waals surface area contributed by atoms with Crippen molar-refractivity contribution in [2.75, 3.05) is 13.2 Å². The number of aliphatic carboxylic acids is 1. The van der Waals surface area contributed by atoms with Crippen LogP contribution in [0.1, 0.15) is 71.9 Å². The minimum atomic E-state index is -4.06. The van der Waals surface area contributed by atoms with E-state index in [2.05, 4.69) is 33.2 Å². The van der Waals surface area contributed by atoms with Crippen LogP contribution in [0.4, 0.5) is 4.79 Å². The van der Waals surface area contributed by atoms with E-state index in [4.69, 9.17) is 15.2 Å². The molecule has 1 amide bonds. The molecule has 2 aromatic rings. The zero-order valence-corrected chi connectivity index (χ0v) is 27.6. The summed E-state index contributed by atoms with van der Waals surface area (Å²) in [6, 6.07) is 6.87. The second-order valence-corrected chi connectivity index (χ2v) is 14.4. The topological polar surface area (TPSA) is 169 Å². The quantitative estimate of drug-likeness (QED) is 0.0950. The monoisotopic (exact) mass is 660 g/mol. The highest BCUT2D eigenvalue weighted by Gasteiger charge is 2.39. The second kappa shape index (κ2) is 12.8. The van der Waals surface area contributed by atoms with Gasteiger partial charge in [0.25, 0.3) is 10.0 Å². The van der Waals surface area contributed by atoms with E-state index in [-0.39, 0.29) is 54.6 Å². The number of hydrogen-bond acceptors (Lipinski definition) is 7. The number of carboxylic acids is 1. The van der Waals surface area contributed by atoms with Crippen LogP contribution in [0.15, 0.2) is 58.5 Å². The van der Waals surface area contributed by atoms with E-state index in [1.54, 1.807) is 13.8 Å². The first kappa shape index (κ1) is 33.1. The van der Waals surface area contributed by atoms with Crippen molar-refractivity contribution in [3.63, 3.8) is 0 Å². The number of hydrogen-bond donors (Lipinski definition) is 4. The van der Waals surface area contributed by atoms with Gasteiger partial charge in [0.15, 0.2) is 0 Å². The molecule has 5 N–H and O–H groups in total. The second-order valence-electron chi connectivity index (χ2n) is 12.8. The van der Waals surface area contributed by atoms with Crippen LogP contribution in [0.3, 0.4) is 0 Å². The molecule has 2 aromatic carbocycles. The predicted octanol–water partition coefficient (Wildman–Crippen LogP) is 4.50. The Morgan fingerprint density at radius 3 is 2.52 bits per heavy atom. The van der Waals surface area contributed by atoms with Crippen molar-refractivity contribution in [3.8, 4) is 5.75 Å². The van der Waals surface area contributed by atoms with Crippen molar-refractivity contribution in [1.82, 2.24) is 10.0 Å². The van der Waals surface area contributed by atoms with E-state index in [0.29, 0.717) is 17.5 Å². The van der Waals surface area contributed by atoms with E-state index >= 15 is 0 Å². The molecule has 0 bridgehead atoms. The average Bonchev–Trinajstić information content (AvgIpc) is 3.50. The third-order valence-corrected chi connectivity index (χ3v) is 10.7. The molecule has 2 aliphatic carbocycles. The van der Waals surface area contributed by atoms with Crippen LogP contribution in [-0.4, -0.2) is 56.3 Å². The van der Waals surface area contributed by atoms with Crippen LogP contribution in [0.25, 0.3) is 0 Å². The van der Waals surface area contributed by atoms with Gasteiger partial charge in [0.05, 0.1) is 4.90 Å². The number of guanidine groups is 1. The molecule has 0 saturated heterocycles. The lowest BCUT2D eigenvalue weighted by atomic mass is 9.84. The molecule has 0 fully saturated rings. The Hall–Kier alpha value is -4.32. The van der Waals surface area contributed by atoms with Crippen LogP contribution < -0.4 is 20.5 Å². The Bertz CT molecular complexity index is 1750. The minimum Gasteiger partial charge on any atom is -0.487 e. The number of allylic oxidation sites excluding steroid dienone is 4. The van der Waals surface area contributed by atoms with Crippen LogP contribution in [0.5, 0.6) is 5.75 Å². The van der Waals surface area contributed by atoms with Crippen molar-refractivity contribution in [3.05, 3.63) is 82.0 Å². The van der Waals surface area contributed by atoms with E-state index in [1.807, 2.05) is 51.1 Å².